The molecule has 0 fully saturated rings. The highest BCUT2D eigenvalue weighted by Crippen LogP contribution is 2.30. The van der Waals surface area contributed by atoms with E-state index in [0.29, 0.717) is 29.5 Å². The van der Waals surface area contributed by atoms with Gasteiger partial charge >= 0.3 is 0 Å². The zero-order chi connectivity index (χ0) is 16.9. The smallest absolute Gasteiger partial charge is 0.239 e. The van der Waals surface area contributed by atoms with Crippen LogP contribution in [0.5, 0.6) is 5.75 Å². The summed E-state index contributed by atoms with van der Waals surface area (Å²) in [6.07, 6.45) is 0. The predicted octanol–water partition coefficient (Wildman–Crippen LogP) is 3.18. The third-order valence-electron chi connectivity index (χ3n) is 3.56. The summed E-state index contributed by atoms with van der Waals surface area (Å²) in [5, 5.41) is 3.21. The third-order valence-corrected chi connectivity index (χ3v) is 3.80. The number of hydrogen-bond acceptors (Lipinski definition) is 3. The van der Waals surface area contributed by atoms with Crippen molar-refractivity contribution in [1.82, 2.24) is 4.90 Å². The topological polar surface area (TPSA) is 58.6 Å². The maximum absolute atomic E-state index is 12.5. The van der Waals surface area contributed by atoms with E-state index in [9.17, 15) is 9.59 Å². The Balaban J connectivity index is 3.01. The van der Waals surface area contributed by atoms with Crippen LogP contribution in [0, 0.1) is 5.41 Å². The van der Waals surface area contributed by atoms with E-state index in [2.05, 4.69) is 5.32 Å². The van der Waals surface area contributed by atoms with Crippen LogP contribution >= 0.6 is 11.6 Å². The van der Waals surface area contributed by atoms with E-state index in [1.54, 1.807) is 36.9 Å². The summed E-state index contributed by atoms with van der Waals surface area (Å²) in [6, 6.07) is 4.93. The molecule has 1 N–H and O–H groups in total. The Morgan fingerprint density at radius 3 is 2.36 bits per heavy atom. The molecule has 0 aromatic heterocycles. The molecule has 0 radical (unpaired) electrons. The maximum atomic E-state index is 12.5. The quantitative estimate of drug-likeness (QED) is 0.817. The number of rotatable bonds is 6. The average molecular weight is 327 g/mol. The Morgan fingerprint density at radius 2 is 1.86 bits per heavy atom. The van der Waals surface area contributed by atoms with E-state index >= 15 is 0 Å². The molecular weight excluding hydrogens is 304 g/mol. The fraction of sp³-hybridized carbons (Fsp3) is 0.500. The molecule has 5 nitrogen and oxygen atoms in total. The van der Waals surface area contributed by atoms with Gasteiger partial charge in [0.2, 0.25) is 11.8 Å². The molecule has 0 saturated heterocycles. The van der Waals surface area contributed by atoms with Crippen molar-refractivity contribution in [2.24, 2.45) is 5.41 Å². The van der Waals surface area contributed by atoms with Crippen molar-refractivity contribution in [3.05, 3.63) is 23.2 Å². The molecule has 2 amide bonds. The van der Waals surface area contributed by atoms with Gasteiger partial charge in [0.05, 0.1) is 12.8 Å². The minimum Gasteiger partial charge on any atom is -0.495 e. The highest BCUT2D eigenvalue weighted by molar-refractivity contribution is 6.31. The minimum absolute atomic E-state index is 0.212. The van der Waals surface area contributed by atoms with E-state index in [-0.39, 0.29) is 5.91 Å². The first kappa shape index (κ1) is 18.3. The normalized spacial score (nSPS) is 11.0. The molecule has 0 bridgehead atoms. The van der Waals surface area contributed by atoms with Gasteiger partial charge in [0.15, 0.2) is 0 Å². The molecule has 22 heavy (non-hydrogen) atoms. The number of amides is 2. The first-order chi connectivity index (χ1) is 10.3. The largest absolute Gasteiger partial charge is 0.495 e. The van der Waals surface area contributed by atoms with Gasteiger partial charge in [-0.25, -0.2) is 0 Å². The first-order valence-corrected chi connectivity index (χ1v) is 7.60. The Hall–Kier alpha value is -1.75. The van der Waals surface area contributed by atoms with Crippen LogP contribution in [0.2, 0.25) is 5.02 Å². The van der Waals surface area contributed by atoms with E-state index in [4.69, 9.17) is 16.3 Å². The molecule has 122 valence electrons. The van der Waals surface area contributed by atoms with Crippen molar-refractivity contribution < 1.29 is 14.3 Å². The summed E-state index contributed by atoms with van der Waals surface area (Å²) in [6.45, 7) is 8.11. The molecule has 0 aliphatic heterocycles. The molecule has 1 rings (SSSR count). The number of benzene rings is 1. The second kappa shape index (κ2) is 7.49. The fourth-order valence-corrected chi connectivity index (χ4v) is 2.23. The first-order valence-electron chi connectivity index (χ1n) is 7.22. The number of hydrogen-bond donors (Lipinski definition) is 1. The lowest BCUT2D eigenvalue weighted by atomic mass is 9.90. The van der Waals surface area contributed by atoms with Crippen LogP contribution in [0.4, 0.5) is 5.69 Å². The Labute approximate surface area is 136 Å². The standard InChI is InChI=1S/C16H23ClN2O3/c1-6-19(7-2)15(21)16(3,4)14(20)18-12-10-11(17)8-9-13(12)22-5/h8-10H,6-7H2,1-5H3,(H,18,20). The molecule has 0 spiro atoms. The van der Waals surface area contributed by atoms with Crippen molar-refractivity contribution in [2.45, 2.75) is 27.7 Å². The monoisotopic (exact) mass is 326 g/mol. The summed E-state index contributed by atoms with van der Waals surface area (Å²) in [4.78, 5) is 26.7. The van der Waals surface area contributed by atoms with Crippen molar-refractivity contribution >= 4 is 29.1 Å². The van der Waals surface area contributed by atoms with Gasteiger partial charge in [0, 0.05) is 18.1 Å². The summed E-state index contributed by atoms with van der Waals surface area (Å²) in [5.41, 5.74) is -0.736. The summed E-state index contributed by atoms with van der Waals surface area (Å²) >= 11 is 5.95. The molecule has 0 unspecified atom stereocenters. The fourth-order valence-electron chi connectivity index (χ4n) is 2.06. The van der Waals surface area contributed by atoms with Gasteiger partial charge in [-0.1, -0.05) is 11.6 Å². The molecular formula is C16H23ClN2O3. The third kappa shape index (κ3) is 3.91. The number of methoxy groups -OCH3 is 1. The van der Waals surface area contributed by atoms with Gasteiger partial charge in [-0.15, -0.1) is 0 Å². The molecule has 6 heteroatoms. The summed E-state index contributed by atoms with van der Waals surface area (Å²) < 4.78 is 5.20. The van der Waals surface area contributed by atoms with Crippen LogP contribution < -0.4 is 10.1 Å². The van der Waals surface area contributed by atoms with Gasteiger partial charge in [-0.3, -0.25) is 9.59 Å². The lowest BCUT2D eigenvalue weighted by Crippen LogP contribution is -2.47. The maximum Gasteiger partial charge on any atom is 0.239 e. The van der Waals surface area contributed by atoms with E-state index < -0.39 is 11.3 Å². The second-order valence-electron chi connectivity index (χ2n) is 5.40. The van der Waals surface area contributed by atoms with Crippen LogP contribution in [0.3, 0.4) is 0 Å². The van der Waals surface area contributed by atoms with E-state index in [1.807, 2.05) is 13.8 Å². The number of ether oxygens (including phenoxy) is 1. The van der Waals surface area contributed by atoms with Crippen LogP contribution in [0.25, 0.3) is 0 Å². The van der Waals surface area contributed by atoms with Gasteiger partial charge in [0.25, 0.3) is 0 Å². The zero-order valence-electron chi connectivity index (χ0n) is 13.7. The highest BCUT2D eigenvalue weighted by atomic mass is 35.5. The van der Waals surface area contributed by atoms with Crippen LogP contribution in [-0.4, -0.2) is 36.9 Å². The molecule has 0 saturated carbocycles. The van der Waals surface area contributed by atoms with Gasteiger partial charge < -0.3 is 15.0 Å². The van der Waals surface area contributed by atoms with Crippen LogP contribution in [-0.2, 0) is 9.59 Å². The van der Waals surface area contributed by atoms with E-state index in [0.717, 1.165) is 0 Å². The molecule has 1 aromatic carbocycles. The number of nitrogens with zero attached hydrogens (tertiary/aromatic N) is 1. The molecule has 1 aromatic rings. The van der Waals surface area contributed by atoms with Crippen molar-refractivity contribution in [3.63, 3.8) is 0 Å². The number of carbonyl (C=O) groups is 2. The predicted molar refractivity (Wildman–Crippen MR) is 88.3 cm³/mol. The number of nitrogens with one attached hydrogen (secondary N) is 1. The number of halogens is 1. The minimum atomic E-state index is -1.18. The van der Waals surface area contributed by atoms with Crippen LogP contribution in [0.15, 0.2) is 18.2 Å². The zero-order valence-corrected chi connectivity index (χ0v) is 14.5. The molecule has 0 heterocycles. The number of anilines is 1. The van der Waals surface area contributed by atoms with Crippen LogP contribution in [0.1, 0.15) is 27.7 Å². The van der Waals surface area contributed by atoms with Gasteiger partial charge in [-0.2, -0.15) is 0 Å². The second-order valence-corrected chi connectivity index (χ2v) is 5.84. The van der Waals surface area contributed by atoms with Crippen molar-refractivity contribution in [2.75, 3.05) is 25.5 Å². The summed E-state index contributed by atoms with van der Waals surface area (Å²) in [7, 11) is 1.51. The lowest BCUT2D eigenvalue weighted by Gasteiger charge is -2.29. The highest BCUT2D eigenvalue weighted by Gasteiger charge is 2.38. The summed E-state index contributed by atoms with van der Waals surface area (Å²) in [5.74, 6) is -0.121. The average Bonchev–Trinajstić information content (AvgIpc) is 2.48. The van der Waals surface area contributed by atoms with Gasteiger partial charge in [0.1, 0.15) is 11.2 Å². The van der Waals surface area contributed by atoms with Crippen molar-refractivity contribution in [3.8, 4) is 5.75 Å². The Bertz CT molecular complexity index is 554. The number of carbonyl (C=O) groups excluding carboxylic acids is 2. The van der Waals surface area contributed by atoms with E-state index in [1.165, 1.54) is 7.11 Å². The Kier molecular flexibility index (Phi) is 6.23. The lowest BCUT2D eigenvalue weighted by molar-refractivity contribution is -0.146. The van der Waals surface area contributed by atoms with Gasteiger partial charge in [-0.05, 0) is 45.9 Å². The van der Waals surface area contributed by atoms with Crippen molar-refractivity contribution in [1.29, 1.82) is 0 Å². The molecule has 0 aliphatic carbocycles. The molecule has 0 aliphatic rings. The molecule has 0 atom stereocenters. The SMILES string of the molecule is CCN(CC)C(=O)C(C)(C)C(=O)Nc1cc(Cl)ccc1OC. The Morgan fingerprint density at radius 1 is 1.27 bits per heavy atom.